The fourth-order valence-corrected chi connectivity index (χ4v) is 3.67. The quantitative estimate of drug-likeness (QED) is 0.334. The summed E-state index contributed by atoms with van der Waals surface area (Å²) in [6.07, 6.45) is -0.538. The summed E-state index contributed by atoms with van der Waals surface area (Å²) in [6, 6.07) is 6.71. The molecule has 0 atom stereocenters. The van der Waals surface area contributed by atoms with Crippen molar-refractivity contribution in [3.8, 4) is 17.2 Å². The summed E-state index contributed by atoms with van der Waals surface area (Å²) in [7, 11) is 0. The molecule has 3 aromatic carbocycles. The molecule has 0 saturated carbocycles. The van der Waals surface area contributed by atoms with Crippen LogP contribution >= 0.6 is 0 Å². The number of hydrogen-bond acceptors (Lipinski definition) is 9. The Balaban J connectivity index is 2.13. The van der Waals surface area contributed by atoms with Crippen LogP contribution in [0.5, 0.6) is 17.2 Å². The summed E-state index contributed by atoms with van der Waals surface area (Å²) < 4.78 is 0. The molecule has 12 nitrogen and oxygen atoms in total. The van der Waals surface area contributed by atoms with Crippen LogP contribution in [0, 0.1) is 44.2 Å². The maximum atomic E-state index is 11.5. The SMILES string of the molecule is Cc1cc([N+](=O)[O-])cc(Cc2cc([N+](=O)[O-])cc(Cc3cc([N+](=O)[O-])cc(C)c3O)c2O)c1O. The molecule has 3 rings (SSSR count). The molecule has 0 bridgehead atoms. The largest absolute Gasteiger partial charge is 0.507 e. The van der Waals surface area contributed by atoms with Crippen LogP contribution in [0.1, 0.15) is 33.4 Å². The summed E-state index contributed by atoms with van der Waals surface area (Å²) in [5.74, 6) is -0.923. The first kappa shape index (κ1) is 23.9. The zero-order valence-corrected chi connectivity index (χ0v) is 18.0. The highest BCUT2D eigenvalue weighted by atomic mass is 16.6. The van der Waals surface area contributed by atoms with Gasteiger partial charge in [0.15, 0.2) is 0 Å². The van der Waals surface area contributed by atoms with Gasteiger partial charge >= 0.3 is 0 Å². The maximum Gasteiger partial charge on any atom is 0.270 e. The predicted molar refractivity (Wildman–Crippen MR) is 119 cm³/mol. The fourth-order valence-electron chi connectivity index (χ4n) is 3.67. The molecule has 0 aromatic heterocycles. The van der Waals surface area contributed by atoms with E-state index in [9.17, 15) is 45.7 Å². The van der Waals surface area contributed by atoms with Gasteiger partial charge in [0.05, 0.1) is 14.8 Å². The summed E-state index contributed by atoms with van der Waals surface area (Å²) in [5.41, 5.74) is -0.435. The molecule has 34 heavy (non-hydrogen) atoms. The molecule has 12 heteroatoms. The van der Waals surface area contributed by atoms with Crippen LogP contribution in [-0.2, 0) is 12.8 Å². The monoisotopic (exact) mass is 469 g/mol. The van der Waals surface area contributed by atoms with Crippen LogP contribution < -0.4 is 0 Å². The Hall–Kier alpha value is -4.74. The molecule has 0 aliphatic carbocycles. The van der Waals surface area contributed by atoms with Gasteiger partial charge in [-0.3, -0.25) is 30.3 Å². The Morgan fingerprint density at radius 3 is 1.12 bits per heavy atom. The van der Waals surface area contributed by atoms with Crippen LogP contribution in [-0.4, -0.2) is 30.1 Å². The molecule has 0 fully saturated rings. The number of phenols is 3. The van der Waals surface area contributed by atoms with E-state index in [-0.39, 0.29) is 69.1 Å². The van der Waals surface area contributed by atoms with E-state index in [1.165, 1.54) is 26.0 Å². The molecule has 0 heterocycles. The van der Waals surface area contributed by atoms with Gasteiger partial charge in [-0.25, -0.2) is 0 Å². The molecular weight excluding hydrogens is 450 g/mol. The van der Waals surface area contributed by atoms with Crippen molar-refractivity contribution in [2.75, 3.05) is 0 Å². The lowest BCUT2D eigenvalue weighted by Gasteiger charge is -2.13. The highest BCUT2D eigenvalue weighted by Gasteiger charge is 2.22. The van der Waals surface area contributed by atoms with Gasteiger partial charge in [-0.2, -0.15) is 0 Å². The average molecular weight is 469 g/mol. The minimum atomic E-state index is -0.705. The third-order valence-corrected chi connectivity index (χ3v) is 5.38. The summed E-state index contributed by atoms with van der Waals surface area (Å²) in [4.78, 5) is 31.9. The zero-order chi connectivity index (χ0) is 25.3. The molecule has 3 N–H and O–H groups in total. The molecule has 0 aliphatic heterocycles. The second-order valence-electron chi connectivity index (χ2n) is 7.78. The van der Waals surface area contributed by atoms with Crippen molar-refractivity contribution in [2.45, 2.75) is 26.7 Å². The van der Waals surface area contributed by atoms with E-state index < -0.39 is 26.2 Å². The van der Waals surface area contributed by atoms with Crippen molar-refractivity contribution in [3.63, 3.8) is 0 Å². The van der Waals surface area contributed by atoms with Gasteiger partial charge in [0, 0.05) is 71.5 Å². The van der Waals surface area contributed by atoms with Crippen molar-refractivity contribution in [1.82, 2.24) is 0 Å². The number of benzene rings is 3. The Morgan fingerprint density at radius 2 is 0.824 bits per heavy atom. The number of nitro benzene ring substituents is 3. The van der Waals surface area contributed by atoms with Crippen LogP contribution in [0.3, 0.4) is 0 Å². The topological polar surface area (TPSA) is 190 Å². The number of hydrogen-bond donors (Lipinski definition) is 3. The Labute approximate surface area is 191 Å². The number of nitro groups is 3. The van der Waals surface area contributed by atoms with Gasteiger partial charge in [-0.15, -0.1) is 0 Å². The second-order valence-corrected chi connectivity index (χ2v) is 7.78. The van der Waals surface area contributed by atoms with E-state index in [1.807, 2.05) is 0 Å². The number of phenolic OH excluding ortho intramolecular Hbond substituents is 3. The molecule has 0 aliphatic rings. The van der Waals surface area contributed by atoms with Gasteiger partial charge in [-0.1, -0.05) is 0 Å². The van der Waals surface area contributed by atoms with E-state index in [2.05, 4.69) is 0 Å². The van der Waals surface area contributed by atoms with Crippen LogP contribution in [0.4, 0.5) is 17.1 Å². The highest BCUT2D eigenvalue weighted by molar-refractivity contribution is 5.58. The number of rotatable bonds is 7. The van der Waals surface area contributed by atoms with E-state index in [0.29, 0.717) is 0 Å². The van der Waals surface area contributed by atoms with Crippen LogP contribution in [0.15, 0.2) is 36.4 Å². The van der Waals surface area contributed by atoms with Gasteiger partial charge in [0.25, 0.3) is 17.1 Å². The Bertz CT molecular complexity index is 1260. The lowest BCUT2D eigenvalue weighted by molar-refractivity contribution is -0.385. The summed E-state index contributed by atoms with van der Waals surface area (Å²) in [5, 5.41) is 65.4. The normalized spacial score (nSPS) is 10.8. The third-order valence-electron chi connectivity index (χ3n) is 5.38. The lowest BCUT2D eigenvalue weighted by atomic mass is 9.94. The molecule has 0 saturated heterocycles. The predicted octanol–water partition coefficient (Wildman–Crippen LogP) is 4.33. The standard InChI is InChI=1S/C22H19N3O9/c1-11-3-17(23(29)30)7-13(20(11)26)5-15-9-19(25(33)34)10-16(22(15)28)6-14-8-18(24(31)32)4-12(2)21(14)27/h3-4,7-10,26-28H,5-6H2,1-2H3. The lowest BCUT2D eigenvalue weighted by Crippen LogP contribution is -2.01. The summed E-state index contributed by atoms with van der Waals surface area (Å²) >= 11 is 0. The van der Waals surface area contributed by atoms with Crippen molar-refractivity contribution in [1.29, 1.82) is 0 Å². The van der Waals surface area contributed by atoms with E-state index >= 15 is 0 Å². The fraction of sp³-hybridized carbons (Fsp3) is 0.182. The maximum absolute atomic E-state index is 11.5. The number of non-ortho nitro benzene ring substituents is 3. The first-order valence-electron chi connectivity index (χ1n) is 9.82. The average Bonchev–Trinajstić information content (AvgIpc) is 2.76. The van der Waals surface area contributed by atoms with Crippen molar-refractivity contribution >= 4 is 17.1 Å². The zero-order valence-electron chi connectivity index (χ0n) is 18.0. The number of nitrogens with zero attached hydrogens (tertiary/aromatic N) is 3. The van der Waals surface area contributed by atoms with Crippen molar-refractivity contribution in [2.24, 2.45) is 0 Å². The van der Waals surface area contributed by atoms with Crippen molar-refractivity contribution < 1.29 is 30.1 Å². The van der Waals surface area contributed by atoms with Gasteiger partial charge in [0.1, 0.15) is 17.2 Å². The molecule has 0 radical (unpaired) electrons. The van der Waals surface area contributed by atoms with E-state index in [4.69, 9.17) is 0 Å². The smallest absolute Gasteiger partial charge is 0.270 e. The summed E-state index contributed by atoms with van der Waals surface area (Å²) in [6.45, 7) is 2.91. The highest BCUT2D eigenvalue weighted by Crippen LogP contribution is 2.37. The van der Waals surface area contributed by atoms with Crippen molar-refractivity contribution in [3.05, 3.63) is 100 Å². The van der Waals surface area contributed by atoms with E-state index in [1.54, 1.807) is 0 Å². The second kappa shape index (κ2) is 9.02. The van der Waals surface area contributed by atoms with Crippen LogP contribution in [0.2, 0.25) is 0 Å². The Morgan fingerprint density at radius 1 is 0.559 bits per heavy atom. The molecular formula is C22H19N3O9. The Kier molecular flexibility index (Phi) is 6.34. The minimum absolute atomic E-state index is 0.000963. The van der Waals surface area contributed by atoms with Gasteiger partial charge in [-0.05, 0) is 25.0 Å². The molecule has 0 unspecified atom stereocenters. The first-order valence-corrected chi connectivity index (χ1v) is 9.82. The molecule has 3 aromatic rings. The van der Waals surface area contributed by atoms with E-state index in [0.717, 1.165) is 24.3 Å². The number of aryl methyl sites for hydroxylation is 2. The van der Waals surface area contributed by atoms with Gasteiger partial charge < -0.3 is 15.3 Å². The van der Waals surface area contributed by atoms with Gasteiger partial charge in [0.2, 0.25) is 0 Å². The molecule has 0 spiro atoms. The first-order chi connectivity index (χ1) is 15.9. The number of aromatic hydroxyl groups is 3. The molecule has 0 amide bonds. The molecule has 176 valence electrons. The van der Waals surface area contributed by atoms with Crippen LogP contribution in [0.25, 0.3) is 0 Å². The third kappa shape index (κ3) is 4.70. The minimum Gasteiger partial charge on any atom is -0.507 e.